The molecule has 0 saturated heterocycles. The Kier molecular flexibility index (Phi) is 7.67. The Hall–Kier alpha value is -2.53. The molecule has 2 rings (SSSR count). The van der Waals surface area contributed by atoms with Gasteiger partial charge in [0.15, 0.2) is 0 Å². The SMILES string of the molecule is CC(C)=CCC/C(C)=C/COc1cc(O)ccc1Sc1ccc(O)cc1O. The maximum absolute atomic E-state index is 9.98. The van der Waals surface area contributed by atoms with Gasteiger partial charge in [0, 0.05) is 12.1 Å². The number of rotatable bonds is 8. The Morgan fingerprint density at radius 1 is 0.926 bits per heavy atom. The third-order valence-corrected chi connectivity index (χ3v) is 4.97. The molecule has 0 aromatic heterocycles. The van der Waals surface area contributed by atoms with E-state index in [9.17, 15) is 15.3 Å². The van der Waals surface area contributed by atoms with E-state index >= 15 is 0 Å². The fourth-order valence-corrected chi connectivity index (χ4v) is 3.26. The summed E-state index contributed by atoms with van der Waals surface area (Å²) in [5, 5.41) is 29.2. The largest absolute Gasteiger partial charge is 0.508 e. The van der Waals surface area contributed by atoms with E-state index in [-0.39, 0.29) is 17.2 Å². The lowest BCUT2D eigenvalue weighted by Gasteiger charge is -2.12. The highest BCUT2D eigenvalue weighted by molar-refractivity contribution is 7.99. The summed E-state index contributed by atoms with van der Waals surface area (Å²) < 4.78 is 5.85. The second-order valence-electron chi connectivity index (χ2n) is 6.57. The first-order chi connectivity index (χ1) is 12.8. The zero-order valence-corrected chi connectivity index (χ0v) is 16.7. The molecule has 0 atom stereocenters. The van der Waals surface area contributed by atoms with E-state index in [2.05, 4.69) is 26.8 Å². The first kappa shape index (κ1) is 20.8. The van der Waals surface area contributed by atoms with Crippen molar-refractivity contribution in [2.45, 2.75) is 43.4 Å². The predicted molar refractivity (Wildman–Crippen MR) is 110 cm³/mol. The van der Waals surface area contributed by atoms with E-state index in [1.807, 2.05) is 6.08 Å². The van der Waals surface area contributed by atoms with Gasteiger partial charge in [-0.15, -0.1) is 0 Å². The molecule has 2 aromatic rings. The molecular weight excluding hydrogens is 360 g/mol. The van der Waals surface area contributed by atoms with Gasteiger partial charge < -0.3 is 20.1 Å². The minimum absolute atomic E-state index is 0.00552. The number of hydrogen-bond acceptors (Lipinski definition) is 5. The fourth-order valence-electron chi connectivity index (χ4n) is 2.37. The maximum Gasteiger partial charge on any atom is 0.137 e. The van der Waals surface area contributed by atoms with Crippen molar-refractivity contribution in [2.24, 2.45) is 0 Å². The van der Waals surface area contributed by atoms with Gasteiger partial charge in [0.1, 0.15) is 29.6 Å². The molecule has 0 aliphatic rings. The number of aromatic hydroxyl groups is 3. The maximum atomic E-state index is 9.98. The number of benzene rings is 2. The van der Waals surface area contributed by atoms with Gasteiger partial charge in [0.25, 0.3) is 0 Å². The lowest BCUT2D eigenvalue weighted by molar-refractivity contribution is 0.349. The smallest absolute Gasteiger partial charge is 0.137 e. The highest BCUT2D eigenvalue weighted by Crippen LogP contribution is 2.41. The molecule has 27 heavy (non-hydrogen) atoms. The van der Waals surface area contributed by atoms with Crippen LogP contribution in [-0.4, -0.2) is 21.9 Å². The number of phenolic OH excluding ortho intramolecular Hbond substituents is 3. The van der Waals surface area contributed by atoms with Gasteiger partial charge in [0.2, 0.25) is 0 Å². The van der Waals surface area contributed by atoms with Crippen molar-refractivity contribution in [2.75, 3.05) is 6.61 Å². The number of hydrogen-bond donors (Lipinski definition) is 3. The number of ether oxygens (including phenoxy) is 1. The molecule has 0 bridgehead atoms. The van der Waals surface area contributed by atoms with Gasteiger partial charge in [-0.05, 0) is 64.0 Å². The van der Waals surface area contributed by atoms with E-state index in [1.165, 1.54) is 35.0 Å². The van der Waals surface area contributed by atoms with Crippen LogP contribution in [-0.2, 0) is 0 Å². The van der Waals surface area contributed by atoms with Gasteiger partial charge in [0.05, 0.1) is 9.79 Å². The van der Waals surface area contributed by atoms with Crippen molar-refractivity contribution < 1.29 is 20.1 Å². The van der Waals surface area contributed by atoms with Crippen LogP contribution < -0.4 is 4.74 Å². The Morgan fingerprint density at radius 3 is 2.26 bits per heavy atom. The number of allylic oxidation sites excluding steroid dienone is 3. The van der Waals surface area contributed by atoms with Crippen molar-refractivity contribution >= 4 is 11.8 Å². The zero-order chi connectivity index (χ0) is 19.8. The molecule has 0 unspecified atom stereocenters. The number of phenols is 3. The molecule has 0 spiro atoms. The highest BCUT2D eigenvalue weighted by Gasteiger charge is 2.10. The normalized spacial score (nSPS) is 11.3. The Morgan fingerprint density at radius 2 is 1.59 bits per heavy atom. The summed E-state index contributed by atoms with van der Waals surface area (Å²) in [6, 6.07) is 9.33. The Balaban J connectivity index is 2.06. The predicted octanol–water partition coefficient (Wildman–Crippen LogP) is 6.03. The van der Waals surface area contributed by atoms with E-state index in [1.54, 1.807) is 24.3 Å². The Labute approximate surface area is 164 Å². The van der Waals surface area contributed by atoms with Gasteiger partial charge in [-0.2, -0.15) is 0 Å². The molecule has 3 N–H and O–H groups in total. The van der Waals surface area contributed by atoms with Crippen LogP contribution >= 0.6 is 11.8 Å². The molecule has 0 saturated carbocycles. The van der Waals surface area contributed by atoms with E-state index in [0.717, 1.165) is 17.7 Å². The summed E-state index contributed by atoms with van der Waals surface area (Å²) in [4.78, 5) is 1.36. The quantitative estimate of drug-likeness (QED) is 0.484. The molecule has 0 heterocycles. The summed E-state index contributed by atoms with van der Waals surface area (Å²) in [7, 11) is 0. The van der Waals surface area contributed by atoms with Crippen LogP contribution in [0.5, 0.6) is 23.0 Å². The summed E-state index contributed by atoms with van der Waals surface area (Å²) in [6.45, 7) is 6.66. The van der Waals surface area contributed by atoms with Crippen LogP contribution in [0.1, 0.15) is 33.6 Å². The lowest BCUT2D eigenvalue weighted by atomic mass is 10.1. The second-order valence-corrected chi connectivity index (χ2v) is 7.65. The van der Waals surface area contributed by atoms with E-state index < -0.39 is 0 Å². The summed E-state index contributed by atoms with van der Waals surface area (Å²) in [6.07, 6.45) is 6.25. The molecular formula is C22H26O4S. The van der Waals surface area contributed by atoms with Crippen LogP contribution in [0.15, 0.2) is 69.5 Å². The van der Waals surface area contributed by atoms with Gasteiger partial charge in [-0.3, -0.25) is 0 Å². The van der Waals surface area contributed by atoms with Crippen molar-refractivity contribution in [3.05, 3.63) is 59.7 Å². The minimum atomic E-state index is -0.00552. The first-order valence-electron chi connectivity index (χ1n) is 8.80. The molecule has 0 fully saturated rings. The first-order valence-corrected chi connectivity index (χ1v) is 9.61. The van der Waals surface area contributed by atoms with Crippen molar-refractivity contribution in [1.82, 2.24) is 0 Å². The average molecular weight is 387 g/mol. The molecule has 144 valence electrons. The van der Waals surface area contributed by atoms with Gasteiger partial charge in [-0.1, -0.05) is 29.0 Å². The average Bonchev–Trinajstić information content (AvgIpc) is 2.59. The second kappa shape index (κ2) is 9.97. The zero-order valence-electron chi connectivity index (χ0n) is 15.9. The third-order valence-electron chi connectivity index (χ3n) is 3.85. The summed E-state index contributed by atoms with van der Waals surface area (Å²) >= 11 is 1.31. The summed E-state index contributed by atoms with van der Waals surface area (Å²) in [5.41, 5.74) is 2.57. The molecule has 0 amide bonds. The van der Waals surface area contributed by atoms with Gasteiger partial charge in [-0.25, -0.2) is 0 Å². The molecule has 5 heteroatoms. The van der Waals surface area contributed by atoms with Crippen LogP contribution in [0.25, 0.3) is 0 Å². The molecule has 0 aliphatic heterocycles. The standard InChI is InChI=1S/C22H26O4S/c1-15(2)5-4-6-16(3)11-12-26-20-14-18(24)8-10-22(20)27-21-9-7-17(23)13-19(21)25/h5,7-11,13-14,23-25H,4,6,12H2,1-3H3/b16-11+. The van der Waals surface area contributed by atoms with Crippen molar-refractivity contribution in [3.8, 4) is 23.0 Å². The molecule has 0 radical (unpaired) electrons. The van der Waals surface area contributed by atoms with Crippen molar-refractivity contribution in [3.63, 3.8) is 0 Å². The van der Waals surface area contributed by atoms with Gasteiger partial charge >= 0.3 is 0 Å². The topological polar surface area (TPSA) is 69.9 Å². The Bertz CT molecular complexity index is 836. The van der Waals surface area contributed by atoms with Crippen LogP contribution in [0, 0.1) is 0 Å². The molecule has 0 aliphatic carbocycles. The highest BCUT2D eigenvalue weighted by atomic mass is 32.2. The van der Waals surface area contributed by atoms with Crippen LogP contribution in [0.4, 0.5) is 0 Å². The fraction of sp³-hybridized carbons (Fsp3) is 0.273. The van der Waals surface area contributed by atoms with E-state index in [4.69, 9.17) is 4.74 Å². The van der Waals surface area contributed by atoms with Crippen LogP contribution in [0.2, 0.25) is 0 Å². The van der Waals surface area contributed by atoms with Crippen LogP contribution in [0.3, 0.4) is 0 Å². The third kappa shape index (κ3) is 6.94. The molecule has 4 nitrogen and oxygen atoms in total. The minimum Gasteiger partial charge on any atom is -0.508 e. The lowest BCUT2D eigenvalue weighted by Crippen LogP contribution is -1.96. The summed E-state index contributed by atoms with van der Waals surface area (Å²) in [5.74, 6) is 0.663. The monoisotopic (exact) mass is 386 g/mol. The molecule has 2 aromatic carbocycles. The van der Waals surface area contributed by atoms with E-state index in [0.29, 0.717) is 17.3 Å². The van der Waals surface area contributed by atoms with Crippen molar-refractivity contribution in [1.29, 1.82) is 0 Å².